The molecule has 3 rings (SSSR count). The molecule has 0 saturated heterocycles. The maximum atomic E-state index is 9.53. The van der Waals surface area contributed by atoms with Gasteiger partial charge in [-0.05, 0) is 31.4 Å². The highest BCUT2D eigenvalue weighted by Crippen LogP contribution is 2.38. The quantitative estimate of drug-likeness (QED) is 0.873. The summed E-state index contributed by atoms with van der Waals surface area (Å²) in [6, 6.07) is 7.29. The average Bonchev–Trinajstić information content (AvgIpc) is 2.82. The molecule has 18 heavy (non-hydrogen) atoms. The number of aryl methyl sites for hydroxylation is 1. The van der Waals surface area contributed by atoms with Crippen molar-refractivity contribution < 1.29 is 5.11 Å². The third kappa shape index (κ3) is 2.02. The van der Waals surface area contributed by atoms with Crippen LogP contribution in [0.15, 0.2) is 24.3 Å². The molecule has 0 amide bonds. The lowest BCUT2D eigenvalue weighted by atomic mass is 9.91. The molecule has 3 N–H and O–H groups in total. The van der Waals surface area contributed by atoms with Gasteiger partial charge in [0.15, 0.2) is 0 Å². The van der Waals surface area contributed by atoms with E-state index in [4.69, 9.17) is 10.7 Å². The summed E-state index contributed by atoms with van der Waals surface area (Å²) in [5, 5.41) is 10.5. The SMILES string of the molecule is NCC1CCCc2sc(-c3cccc(O)c3)nc21. The molecule has 1 aromatic carbocycles. The first-order valence-corrected chi connectivity index (χ1v) is 7.08. The highest BCUT2D eigenvalue weighted by molar-refractivity contribution is 7.15. The minimum atomic E-state index is 0.288. The lowest BCUT2D eigenvalue weighted by molar-refractivity contribution is 0.475. The number of nitrogens with two attached hydrogens (primary N) is 1. The van der Waals surface area contributed by atoms with Crippen molar-refractivity contribution in [2.24, 2.45) is 5.73 Å². The summed E-state index contributed by atoms with van der Waals surface area (Å²) >= 11 is 1.74. The molecule has 1 aliphatic rings. The Bertz CT molecular complexity index is 565. The number of thiazole rings is 1. The monoisotopic (exact) mass is 260 g/mol. The van der Waals surface area contributed by atoms with Crippen molar-refractivity contribution in [1.82, 2.24) is 4.98 Å². The second-order valence-corrected chi connectivity index (χ2v) is 5.79. The predicted molar refractivity (Wildman–Crippen MR) is 73.9 cm³/mol. The Morgan fingerprint density at radius 2 is 2.33 bits per heavy atom. The maximum Gasteiger partial charge on any atom is 0.124 e. The third-order valence-electron chi connectivity index (χ3n) is 3.45. The highest BCUT2D eigenvalue weighted by Gasteiger charge is 2.23. The molecule has 0 fully saturated rings. The molecule has 94 valence electrons. The van der Waals surface area contributed by atoms with Crippen molar-refractivity contribution in [1.29, 1.82) is 0 Å². The van der Waals surface area contributed by atoms with Gasteiger partial charge in [0.25, 0.3) is 0 Å². The van der Waals surface area contributed by atoms with Crippen LogP contribution < -0.4 is 5.73 Å². The summed E-state index contributed by atoms with van der Waals surface area (Å²) < 4.78 is 0. The number of aromatic nitrogens is 1. The van der Waals surface area contributed by atoms with E-state index in [1.165, 1.54) is 17.0 Å². The van der Waals surface area contributed by atoms with E-state index in [1.54, 1.807) is 23.5 Å². The lowest BCUT2D eigenvalue weighted by Crippen LogP contribution is -2.17. The number of hydrogen-bond donors (Lipinski definition) is 2. The van der Waals surface area contributed by atoms with Gasteiger partial charge in [0.1, 0.15) is 10.8 Å². The molecule has 3 nitrogen and oxygen atoms in total. The highest BCUT2D eigenvalue weighted by atomic mass is 32.1. The molecule has 0 radical (unpaired) electrons. The minimum absolute atomic E-state index is 0.288. The number of phenolic OH excluding ortho intramolecular Hbond substituents is 1. The van der Waals surface area contributed by atoms with Crippen molar-refractivity contribution in [3.63, 3.8) is 0 Å². The Morgan fingerprint density at radius 1 is 1.44 bits per heavy atom. The fourth-order valence-corrected chi connectivity index (χ4v) is 3.68. The van der Waals surface area contributed by atoms with Gasteiger partial charge in [-0.15, -0.1) is 11.3 Å². The van der Waals surface area contributed by atoms with Gasteiger partial charge in [-0.2, -0.15) is 0 Å². The van der Waals surface area contributed by atoms with E-state index in [0.29, 0.717) is 12.5 Å². The molecule has 4 heteroatoms. The van der Waals surface area contributed by atoms with Crippen LogP contribution in [0.3, 0.4) is 0 Å². The Balaban J connectivity index is 2.02. The molecule has 2 aromatic rings. The van der Waals surface area contributed by atoms with Crippen LogP contribution in [-0.2, 0) is 6.42 Å². The molecular formula is C14H16N2OS. The first kappa shape index (κ1) is 11.7. The molecule has 1 heterocycles. The van der Waals surface area contributed by atoms with Crippen molar-refractivity contribution in [3.05, 3.63) is 34.8 Å². The smallest absolute Gasteiger partial charge is 0.124 e. The van der Waals surface area contributed by atoms with Crippen molar-refractivity contribution in [2.75, 3.05) is 6.54 Å². The van der Waals surface area contributed by atoms with Gasteiger partial charge >= 0.3 is 0 Å². The number of hydrogen-bond acceptors (Lipinski definition) is 4. The van der Waals surface area contributed by atoms with E-state index in [9.17, 15) is 5.11 Å². The Labute approximate surface area is 110 Å². The lowest BCUT2D eigenvalue weighted by Gasteiger charge is -2.18. The Hall–Kier alpha value is -1.39. The van der Waals surface area contributed by atoms with E-state index in [2.05, 4.69) is 0 Å². The van der Waals surface area contributed by atoms with E-state index in [-0.39, 0.29) is 5.75 Å². The van der Waals surface area contributed by atoms with E-state index in [1.807, 2.05) is 12.1 Å². The Kier molecular flexibility index (Phi) is 3.06. The van der Waals surface area contributed by atoms with Crippen LogP contribution in [0.1, 0.15) is 29.3 Å². The molecule has 1 aromatic heterocycles. The first-order chi connectivity index (χ1) is 8.78. The van der Waals surface area contributed by atoms with Crippen LogP contribution in [0.25, 0.3) is 10.6 Å². The van der Waals surface area contributed by atoms with Crippen LogP contribution in [0.5, 0.6) is 5.75 Å². The predicted octanol–water partition coefficient (Wildman–Crippen LogP) is 2.89. The molecule has 0 bridgehead atoms. The number of nitrogens with zero attached hydrogens (tertiary/aromatic N) is 1. The zero-order valence-corrected chi connectivity index (χ0v) is 10.9. The average molecular weight is 260 g/mol. The largest absolute Gasteiger partial charge is 0.508 e. The topological polar surface area (TPSA) is 59.1 Å². The molecule has 0 spiro atoms. The fourth-order valence-electron chi connectivity index (χ4n) is 2.50. The van der Waals surface area contributed by atoms with Crippen LogP contribution in [0, 0.1) is 0 Å². The molecular weight excluding hydrogens is 244 g/mol. The second-order valence-electron chi connectivity index (χ2n) is 4.70. The Morgan fingerprint density at radius 3 is 3.11 bits per heavy atom. The molecule has 0 aliphatic heterocycles. The van der Waals surface area contributed by atoms with E-state index < -0.39 is 0 Å². The van der Waals surface area contributed by atoms with Crippen molar-refractivity contribution >= 4 is 11.3 Å². The molecule has 0 saturated carbocycles. The second kappa shape index (κ2) is 4.71. The summed E-state index contributed by atoms with van der Waals surface area (Å²) in [6.07, 6.45) is 3.46. The fraction of sp³-hybridized carbons (Fsp3) is 0.357. The van der Waals surface area contributed by atoms with E-state index >= 15 is 0 Å². The zero-order valence-electron chi connectivity index (χ0n) is 10.1. The summed E-state index contributed by atoms with van der Waals surface area (Å²) in [5.41, 5.74) is 7.99. The van der Waals surface area contributed by atoms with Gasteiger partial charge in [0, 0.05) is 22.9 Å². The standard InChI is InChI=1S/C14H16N2OS/c15-8-10-4-2-6-12-13(10)16-14(18-12)9-3-1-5-11(17)7-9/h1,3,5,7,10,17H,2,4,6,8,15H2. The van der Waals surface area contributed by atoms with Crippen molar-refractivity contribution in [2.45, 2.75) is 25.2 Å². The third-order valence-corrected chi connectivity index (χ3v) is 4.63. The number of rotatable bonds is 2. The van der Waals surface area contributed by atoms with Gasteiger partial charge in [-0.25, -0.2) is 4.98 Å². The van der Waals surface area contributed by atoms with Gasteiger partial charge < -0.3 is 10.8 Å². The number of phenols is 1. The summed E-state index contributed by atoms with van der Waals surface area (Å²) in [5.74, 6) is 0.701. The van der Waals surface area contributed by atoms with Gasteiger partial charge in [-0.3, -0.25) is 0 Å². The maximum absolute atomic E-state index is 9.53. The number of benzene rings is 1. The minimum Gasteiger partial charge on any atom is -0.508 e. The van der Waals surface area contributed by atoms with Gasteiger partial charge in [0.2, 0.25) is 0 Å². The normalized spacial score (nSPS) is 18.6. The van der Waals surface area contributed by atoms with Crippen molar-refractivity contribution in [3.8, 4) is 16.3 Å². The summed E-state index contributed by atoms with van der Waals surface area (Å²) in [4.78, 5) is 6.11. The first-order valence-electron chi connectivity index (χ1n) is 6.27. The van der Waals surface area contributed by atoms with Gasteiger partial charge in [-0.1, -0.05) is 12.1 Å². The molecule has 1 atom stereocenters. The summed E-state index contributed by atoms with van der Waals surface area (Å²) in [6.45, 7) is 0.677. The van der Waals surface area contributed by atoms with Crippen LogP contribution in [-0.4, -0.2) is 16.6 Å². The summed E-state index contributed by atoms with van der Waals surface area (Å²) in [7, 11) is 0. The zero-order chi connectivity index (χ0) is 12.5. The molecule has 1 unspecified atom stereocenters. The van der Waals surface area contributed by atoms with Crippen LogP contribution in [0.4, 0.5) is 0 Å². The van der Waals surface area contributed by atoms with Crippen LogP contribution >= 0.6 is 11.3 Å². The number of aromatic hydroxyl groups is 1. The van der Waals surface area contributed by atoms with Crippen LogP contribution in [0.2, 0.25) is 0 Å². The van der Waals surface area contributed by atoms with E-state index in [0.717, 1.165) is 23.4 Å². The molecule has 1 aliphatic carbocycles. The number of fused-ring (bicyclic) bond motifs is 1. The van der Waals surface area contributed by atoms with Gasteiger partial charge in [0.05, 0.1) is 5.69 Å².